The second kappa shape index (κ2) is 6.69. The summed E-state index contributed by atoms with van der Waals surface area (Å²) >= 11 is 3.46. The Morgan fingerprint density at radius 1 is 1.29 bits per heavy atom. The lowest BCUT2D eigenvalue weighted by atomic mass is 10.1. The van der Waals surface area contributed by atoms with Crippen molar-refractivity contribution in [1.82, 2.24) is 5.32 Å². The van der Waals surface area contributed by atoms with Gasteiger partial charge in [-0.3, -0.25) is 10.1 Å². The molecule has 0 saturated carbocycles. The molecule has 0 heterocycles. The average Bonchev–Trinajstić information content (AvgIpc) is 2.48. The first-order chi connectivity index (χ1) is 10.0. The van der Waals surface area contributed by atoms with Crippen molar-refractivity contribution < 1.29 is 9.66 Å². The van der Waals surface area contributed by atoms with Crippen molar-refractivity contribution in [3.63, 3.8) is 0 Å². The van der Waals surface area contributed by atoms with Crippen LogP contribution in [0.2, 0.25) is 0 Å². The number of benzene rings is 2. The molecule has 0 saturated heterocycles. The molecule has 0 fully saturated rings. The summed E-state index contributed by atoms with van der Waals surface area (Å²) in [6.45, 7) is 2.06. The van der Waals surface area contributed by atoms with Crippen molar-refractivity contribution in [3.05, 3.63) is 62.6 Å². The van der Waals surface area contributed by atoms with Crippen LogP contribution in [-0.2, 0) is 0 Å². The van der Waals surface area contributed by atoms with E-state index in [9.17, 15) is 10.1 Å². The third-order valence-electron chi connectivity index (χ3n) is 3.15. The van der Waals surface area contributed by atoms with Crippen LogP contribution in [0.15, 0.2) is 46.9 Å². The molecule has 0 radical (unpaired) electrons. The summed E-state index contributed by atoms with van der Waals surface area (Å²) in [5.41, 5.74) is 1.12. The van der Waals surface area contributed by atoms with Gasteiger partial charge in [-0.25, -0.2) is 0 Å². The topological polar surface area (TPSA) is 64.4 Å². The van der Waals surface area contributed by atoms with Gasteiger partial charge >= 0.3 is 0 Å². The molecule has 1 unspecified atom stereocenters. The van der Waals surface area contributed by atoms with Crippen molar-refractivity contribution in [1.29, 1.82) is 0 Å². The maximum Gasteiger partial charge on any atom is 0.273 e. The van der Waals surface area contributed by atoms with Gasteiger partial charge in [0.25, 0.3) is 5.69 Å². The number of hydrogen-bond acceptors (Lipinski definition) is 4. The van der Waals surface area contributed by atoms with E-state index in [1.54, 1.807) is 12.1 Å². The highest BCUT2D eigenvalue weighted by atomic mass is 79.9. The molecule has 1 N–H and O–H groups in total. The lowest BCUT2D eigenvalue weighted by Gasteiger charge is -2.13. The Balaban J connectivity index is 2.24. The molecule has 110 valence electrons. The highest BCUT2D eigenvalue weighted by Crippen LogP contribution is 2.33. The molecule has 0 aliphatic carbocycles. The van der Waals surface area contributed by atoms with E-state index in [0.29, 0.717) is 11.5 Å². The minimum atomic E-state index is -0.445. The third-order valence-corrected chi connectivity index (χ3v) is 3.76. The summed E-state index contributed by atoms with van der Waals surface area (Å²) in [4.78, 5) is 10.3. The summed E-state index contributed by atoms with van der Waals surface area (Å²) in [6, 6.07) is 12.1. The van der Waals surface area contributed by atoms with E-state index in [0.717, 1.165) is 10.0 Å². The van der Waals surface area contributed by atoms with Crippen molar-refractivity contribution in [2.45, 2.75) is 13.0 Å². The largest absolute Gasteiger partial charge is 0.456 e. The van der Waals surface area contributed by atoms with E-state index in [-0.39, 0.29) is 11.7 Å². The van der Waals surface area contributed by atoms with Crippen LogP contribution < -0.4 is 10.1 Å². The molecule has 0 aliphatic heterocycles. The number of nitrogens with one attached hydrogen (secondary N) is 1. The monoisotopic (exact) mass is 350 g/mol. The second-order valence-corrected chi connectivity index (χ2v) is 5.41. The molecule has 0 aliphatic rings. The minimum Gasteiger partial charge on any atom is -0.456 e. The van der Waals surface area contributed by atoms with Crippen molar-refractivity contribution in [3.8, 4) is 11.5 Å². The Morgan fingerprint density at radius 3 is 2.67 bits per heavy atom. The number of halogens is 1. The fourth-order valence-electron chi connectivity index (χ4n) is 1.82. The highest BCUT2D eigenvalue weighted by molar-refractivity contribution is 9.10. The van der Waals surface area contributed by atoms with E-state index < -0.39 is 4.92 Å². The van der Waals surface area contributed by atoms with Gasteiger partial charge in [0, 0.05) is 12.1 Å². The van der Waals surface area contributed by atoms with Gasteiger partial charge in [0.05, 0.1) is 15.5 Å². The van der Waals surface area contributed by atoms with E-state index in [1.165, 1.54) is 12.1 Å². The first-order valence-electron chi connectivity index (χ1n) is 6.40. The van der Waals surface area contributed by atoms with Gasteiger partial charge in [0.15, 0.2) is 0 Å². The summed E-state index contributed by atoms with van der Waals surface area (Å²) < 4.78 is 6.50. The Labute approximate surface area is 131 Å². The Morgan fingerprint density at radius 2 is 2.05 bits per heavy atom. The summed E-state index contributed by atoms with van der Waals surface area (Å²) in [6.07, 6.45) is 0. The zero-order chi connectivity index (χ0) is 15.4. The lowest BCUT2D eigenvalue weighted by Crippen LogP contribution is -2.12. The number of nitro groups is 1. The number of ether oxygens (including phenoxy) is 1. The van der Waals surface area contributed by atoms with Gasteiger partial charge in [-0.05, 0) is 53.7 Å². The maximum absolute atomic E-state index is 10.8. The molecule has 2 aromatic carbocycles. The Hall–Kier alpha value is -1.92. The van der Waals surface area contributed by atoms with Crippen LogP contribution in [0.5, 0.6) is 11.5 Å². The fraction of sp³-hybridized carbons (Fsp3) is 0.200. The molecule has 0 spiro atoms. The smallest absolute Gasteiger partial charge is 0.273 e. The molecule has 2 aromatic rings. The predicted octanol–water partition coefficient (Wildman–Crippen LogP) is 4.43. The van der Waals surface area contributed by atoms with Crippen molar-refractivity contribution in [2.75, 3.05) is 7.05 Å². The summed E-state index contributed by atoms with van der Waals surface area (Å²) in [5.74, 6) is 1.04. The Kier molecular flexibility index (Phi) is 4.93. The van der Waals surface area contributed by atoms with Gasteiger partial charge in [-0.2, -0.15) is 0 Å². The summed E-state index contributed by atoms with van der Waals surface area (Å²) in [5, 5.41) is 13.9. The van der Waals surface area contributed by atoms with Crippen LogP contribution in [0.1, 0.15) is 18.5 Å². The third kappa shape index (κ3) is 3.80. The van der Waals surface area contributed by atoms with Gasteiger partial charge in [0.1, 0.15) is 11.5 Å². The number of hydrogen-bond donors (Lipinski definition) is 1. The van der Waals surface area contributed by atoms with Crippen LogP contribution >= 0.6 is 15.9 Å². The van der Waals surface area contributed by atoms with Gasteiger partial charge in [0.2, 0.25) is 0 Å². The zero-order valence-electron chi connectivity index (χ0n) is 11.7. The van der Waals surface area contributed by atoms with Crippen molar-refractivity contribution >= 4 is 21.6 Å². The Bertz CT molecular complexity index is 661. The highest BCUT2D eigenvalue weighted by Gasteiger charge is 2.10. The quantitative estimate of drug-likeness (QED) is 0.639. The number of non-ortho nitro benzene ring substituents is 1. The minimum absolute atomic E-state index is 0.00375. The first kappa shape index (κ1) is 15.5. The average molecular weight is 351 g/mol. The second-order valence-electron chi connectivity index (χ2n) is 4.56. The van der Waals surface area contributed by atoms with E-state index >= 15 is 0 Å². The van der Waals surface area contributed by atoms with E-state index in [2.05, 4.69) is 28.2 Å². The normalized spacial score (nSPS) is 12.0. The molecule has 2 rings (SSSR count). The standard InChI is InChI=1S/C15H15BrN2O3/c1-10(17-2)11-6-7-15(14(16)8-11)21-13-5-3-4-12(9-13)18(19)20/h3-10,17H,1-2H3. The molecule has 0 aromatic heterocycles. The number of nitro benzene ring substituents is 1. The fourth-order valence-corrected chi connectivity index (χ4v) is 2.30. The van der Waals surface area contributed by atoms with Crippen LogP contribution in [0, 0.1) is 10.1 Å². The molecular weight excluding hydrogens is 336 g/mol. The van der Waals surface area contributed by atoms with Gasteiger partial charge in [-0.1, -0.05) is 12.1 Å². The summed E-state index contributed by atoms with van der Waals surface area (Å²) in [7, 11) is 1.89. The molecule has 21 heavy (non-hydrogen) atoms. The van der Waals surface area contributed by atoms with Gasteiger partial charge < -0.3 is 10.1 Å². The van der Waals surface area contributed by atoms with Gasteiger partial charge in [-0.15, -0.1) is 0 Å². The van der Waals surface area contributed by atoms with Crippen LogP contribution in [0.4, 0.5) is 5.69 Å². The predicted molar refractivity (Wildman–Crippen MR) is 84.8 cm³/mol. The molecule has 0 amide bonds. The number of nitrogens with zero attached hydrogens (tertiary/aromatic N) is 1. The van der Waals surface area contributed by atoms with Crippen LogP contribution in [0.25, 0.3) is 0 Å². The van der Waals surface area contributed by atoms with E-state index in [1.807, 2.05) is 25.2 Å². The molecular formula is C15H15BrN2O3. The van der Waals surface area contributed by atoms with Crippen LogP contribution in [0.3, 0.4) is 0 Å². The first-order valence-corrected chi connectivity index (χ1v) is 7.19. The lowest BCUT2D eigenvalue weighted by molar-refractivity contribution is -0.384. The SMILES string of the molecule is CNC(C)c1ccc(Oc2cccc([N+](=O)[O-])c2)c(Br)c1. The molecule has 5 nitrogen and oxygen atoms in total. The maximum atomic E-state index is 10.8. The number of rotatable bonds is 5. The van der Waals surface area contributed by atoms with Crippen LogP contribution in [-0.4, -0.2) is 12.0 Å². The molecule has 1 atom stereocenters. The molecule has 0 bridgehead atoms. The van der Waals surface area contributed by atoms with Crippen molar-refractivity contribution in [2.24, 2.45) is 0 Å². The molecule has 6 heteroatoms. The van der Waals surface area contributed by atoms with E-state index in [4.69, 9.17) is 4.74 Å². The zero-order valence-corrected chi connectivity index (χ0v) is 13.3.